The fourth-order valence-corrected chi connectivity index (χ4v) is 2.47. The summed E-state index contributed by atoms with van der Waals surface area (Å²) in [5.41, 5.74) is 0.999. The minimum Gasteiger partial charge on any atom is -0.323 e. The zero-order valence-corrected chi connectivity index (χ0v) is 10.4. The first kappa shape index (κ1) is 11.4. The van der Waals surface area contributed by atoms with Gasteiger partial charge in [-0.05, 0) is 26.7 Å². The summed E-state index contributed by atoms with van der Waals surface area (Å²) in [7, 11) is 1.50. The third-order valence-corrected chi connectivity index (χ3v) is 3.40. The van der Waals surface area contributed by atoms with Crippen LogP contribution in [0.3, 0.4) is 0 Å². The fraction of sp³-hybridized carbons (Fsp3) is 0.700. The van der Waals surface area contributed by atoms with Gasteiger partial charge >= 0.3 is 6.09 Å². The van der Waals surface area contributed by atoms with Gasteiger partial charge < -0.3 is 5.32 Å². The molecule has 0 bridgehead atoms. The van der Waals surface area contributed by atoms with Gasteiger partial charge in [0, 0.05) is 13.0 Å². The van der Waals surface area contributed by atoms with Crippen molar-refractivity contribution in [2.75, 3.05) is 7.05 Å². The first-order valence-electron chi connectivity index (χ1n) is 5.28. The van der Waals surface area contributed by atoms with Crippen molar-refractivity contribution in [3.8, 4) is 0 Å². The van der Waals surface area contributed by atoms with Crippen LogP contribution in [0.2, 0.25) is 0 Å². The van der Waals surface area contributed by atoms with E-state index in [2.05, 4.69) is 15.5 Å². The number of nitrogens with zero attached hydrogens (tertiary/aromatic N) is 2. The van der Waals surface area contributed by atoms with E-state index in [4.69, 9.17) is 4.84 Å². The number of oxime groups is 1. The number of hydrogen-bond acceptors (Lipinski definition) is 5. The van der Waals surface area contributed by atoms with Crippen LogP contribution in [-0.4, -0.2) is 28.8 Å². The van der Waals surface area contributed by atoms with E-state index in [0.29, 0.717) is 5.92 Å². The van der Waals surface area contributed by atoms with Gasteiger partial charge in [0.05, 0.1) is 5.71 Å². The van der Waals surface area contributed by atoms with E-state index in [-0.39, 0.29) is 4.87 Å². The molecule has 2 rings (SSSR count). The van der Waals surface area contributed by atoms with Crippen molar-refractivity contribution in [2.24, 2.45) is 16.1 Å². The Kier molecular flexibility index (Phi) is 2.92. The number of rotatable bonds is 2. The van der Waals surface area contributed by atoms with Gasteiger partial charge in [0.2, 0.25) is 0 Å². The van der Waals surface area contributed by atoms with Crippen molar-refractivity contribution in [3.05, 3.63) is 0 Å². The number of carbonyl (C=O) groups excluding carboxylic acids is 1. The molecular weight excluding hydrogens is 226 g/mol. The van der Waals surface area contributed by atoms with Crippen LogP contribution in [0.1, 0.15) is 26.7 Å². The minimum absolute atomic E-state index is 0.192. The van der Waals surface area contributed by atoms with Gasteiger partial charge in [-0.1, -0.05) is 16.9 Å². The zero-order valence-electron chi connectivity index (χ0n) is 9.61. The number of aliphatic imine (C=N–C) groups is 1. The van der Waals surface area contributed by atoms with Crippen LogP contribution in [0.4, 0.5) is 4.79 Å². The van der Waals surface area contributed by atoms with E-state index >= 15 is 0 Å². The molecule has 1 amide bonds. The molecule has 1 N–H and O–H groups in total. The van der Waals surface area contributed by atoms with Crippen LogP contribution in [0.15, 0.2) is 10.1 Å². The largest absolute Gasteiger partial charge is 0.433 e. The van der Waals surface area contributed by atoms with Crippen LogP contribution in [0.5, 0.6) is 0 Å². The van der Waals surface area contributed by atoms with Gasteiger partial charge in [0.15, 0.2) is 5.04 Å². The van der Waals surface area contributed by atoms with Crippen molar-refractivity contribution in [1.82, 2.24) is 5.32 Å². The average molecular weight is 241 g/mol. The fourth-order valence-electron chi connectivity index (χ4n) is 1.47. The van der Waals surface area contributed by atoms with Crippen LogP contribution in [-0.2, 0) is 4.84 Å². The van der Waals surface area contributed by atoms with Gasteiger partial charge in [-0.3, -0.25) is 9.83 Å². The molecule has 1 fully saturated rings. The van der Waals surface area contributed by atoms with Crippen molar-refractivity contribution in [3.63, 3.8) is 0 Å². The Labute approximate surface area is 98.7 Å². The van der Waals surface area contributed by atoms with E-state index < -0.39 is 6.09 Å². The second-order valence-corrected chi connectivity index (χ2v) is 5.94. The Morgan fingerprint density at radius 2 is 2.31 bits per heavy atom. The van der Waals surface area contributed by atoms with E-state index in [1.807, 2.05) is 13.8 Å². The third-order valence-electron chi connectivity index (χ3n) is 2.33. The molecule has 0 aromatic rings. The highest BCUT2D eigenvalue weighted by Crippen LogP contribution is 2.42. The first-order chi connectivity index (χ1) is 7.52. The topological polar surface area (TPSA) is 63.0 Å². The Balaban J connectivity index is 2.09. The molecule has 1 heterocycles. The van der Waals surface area contributed by atoms with Crippen molar-refractivity contribution >= 4 is 28.6 Å². The zero-order chi connectivity index (χ0) is 11.8. The molecule has 1 aliphatic carbocycles. The molecule has 16 heavy (non-hydrogen) atoms. The van der Waals surface area contributed by atoms with Gasteiger partial charge in [0.25, 0.3) is 0 Å². The highest BCUT2D eigenvalue weighted by Gasteiger charge is 2.40. The molecule has 1 saturated carbocycles. The molecule has 0 aromatic carbocycles. The molecule has 0 atom stereocenters. The predicted octanol–water partition coefficient (Wildman–Crippen LogP) is 1.99. The second-order valence-electron chi connectivity index (χ2n) is 4.35. The Hall–Kier alpha value is -1.04. The van der Waals surface area contributed by atoms with E-state index in [1.54, 1.807) is 0 Å². The Morgan fingerprint density at radius 3 is 2.88 bits per heavy atom. The lowest BCUT2D eigenvalue weighted by Gasteiger charge is -2.09. The predicted molar refractivity (Wildman–Crippen MR) is 64.8 cm³/mol. The summed E-state index contributed by atoms with van der Waals surface area (Å²) < 4.78 is 0. The summed E-state index contributed by atoms with van der Waals surface area (Å²) in [4.78, 5) is 20.1. The third kappa shape index (κ3) is 2.55. The molecule has 88 valence electrons. The summed E-state index contributed by atoms with van der Waals surface area (Å²) in [6.45, 7) is 4.06. The monoisotopic (exact) mass is 241 g/mol. The molecule has 2 aliphatic rings. The highest BCUT2D eigenvalue weighted by molar-refractivity contribution is 8.17. The molecule has 0 spiro atoms. The summed E-state index contributed by atoms with van der Waals surface area (Å²) in [5.74, 6) is 0.515. The number of hydrogen-bond donors (Lipinski definition) is 1. The summed E-state index contributed by atoms with van der Waals surface area (Å²) in [5, 5.41) is 6.97. The molecule has 0 aromatic heterocycles. The second kappa shape index (κ2) is 4.08. The van der Waals surface area contributed by atoms with Crippen molar-refractivity contribution in [1.29, 1.82) is 0 Å². The molecule has 1 aliphatic heterocycles. The molecule has 0 saturated heterocycles. The normalized spacial score (nSPS) is 25.4. The number of amides is 1. The van der Waals surface area contributed by atoms with E-state index in [1.165, 1.54) is 18.8 Å². The van der Waals surface area contributed by atoms with E-state index in [9.17, 15) is 4.79 Å². The highest BCUT2D eigenvalue weighted by atomic mass is 32.2. The van der Waals surface area contributed by atoms with Crippen molar-refractivity contribution < 1.29 is 9.63 Å². The molecule has 5 nitrogen and oxygen atoms in total. The van der Waals surface area contributed by atoms with E-state index in [0.717, 1.165) is 23.6 Å². The molecule has 0 radical (unpaired) electrons. The average Bonchev–Trinajstić information content (AvgIpc) is 3.00. The van der Waals surface area contributed by atoms with Crippen LogP contribution in [0.25, 0.3) is 0 Å². The smallest absolute Gasteiger partial charge is 0.323 e. The van der Waals surface area contributed by atoms with Gasteiger partial charge in [-0.25, -0.2) is 4.79 Å². The summed E-state index contributed by atoms with van der Waals surface area (Å²) >= 11 is 1.54. The standard InChI is InChI=1S/C10H15N3O2S/c1-10(2)12-7(6-4-5-6)8(16-10)13-15-9(14)11-3/h6H,4-5H2,1-3H3,(H,11,14). The Bertz CT molecular complexity index is 372. The summed E-state index contributed by atoms with van der Waals surface area (Å²) in [6.07, 6.45) is 1.77. The lowest BCUT2D eigenvalue weighted by atomic mass is 10.2. The quantitative estimate of drug-likeness (QED) is 0.594. The number of thioether (sulfide) groups is 1. The van der Waals surface area contributed by atoms with Gasteiger partial charge in [-0.2, -0.15) is 0 Å². The SMILES string of the molecule is CNC(=O)ON=C1SC(C)(C)N=C1C1CC1. The first-order valence-corrected chi connectivity index (χ1v) is 6.09. The Morgan fingerprint density at radius 1 is 1.62 bits per heavy atom. The number of nitrogens with one attached hydrogen (secondary N) is 1. The van der Waals surface area contributed by atoms with Crippen LogP contribution in [0, 0.1) is 5.92 Å². The van der Waals surface area contributed by atoms with Crippen molar-refractivity contribution in [2.45, 2.75) is 31.6 Å². The molecule has 6 heteroatoms. The minimum atomic E-state index is -0.548. The maximum atomic E-state index is 10.9. The lowest BCUT2D eigenvalue weighted by Crippen LogP contribution is -2.18. The van der Waals surface area contributed by atoms with Gasteiger partial charge in [0.1, 0.15) is 4.87 Å². The number of carbonyl (C=O) groups is 1. The lowest BCUT2D eigenvalue weighted by molar-refractivity contribution is 0.154. The molecular formula is C10H15N3O2S. The molecule has 0 unspecified atom stereocenters. The van der Waals surface area contributed by atoms with Crippen LogP contribution < -0.4 is 5.32 Å². The van der Waals surface area contributed by atoms with Gasteiger partial charge in [-0.15, -0.1) is 0 Å². The summed E-state index contributed by atoms with van der Waals surface area (Å²) in [6, 6.07) is 0. The van der Waals surface area contributed by atoms with Crippen LogP contribution >= 0.6 is 11.8 Å². The maximum absolute atomic E-state index is 10.9. The maximum Gasteiger partial charge on any atom is 0.433 e.